The first kappa shape index (κ1) is 13.5. The fourth-order valence-corrected chi connectivity index (χ4v) is 3.26. The topological polar surface area (TPSA) is 66.8 Å². The van der Waals surface area contributed by atoms with Gasteiger partial charge in [0.15, 0.2) is 0 Å². The number of hydrogen-bond acceptors (Lipinski definition) is 4. The normalized spacial score (nSPS) is 19.7. The zero-order chi connectivity index (χ0) is 13.2. The van der Waals surface area contributed by atoms with Gasteiger partial charge in [-0.15, -0.1) is 0 Å². The Bertz CT molecular complexity index is 489. The van der Waals surface area contributed by atoms with Gasteiger partial charge in [0.2, 0.25) is 10.0 Å². The third-order valence-electron chi connectivity index (χ3n) is 2.97. The molecule has 18 heavy (non-hydrogen) atoms. The lowest BCUT2D eigenvalue weighted by Gasteiger charge is -2.26. The molecule has 0 aliphatic carbocycles. The molecule has 0 radical (unpaired) electrons. The first-order valence-electron chi connectivity index (χ1n) is 5.88. The molecular weight excluding hydrogens is 254 g/mol. The van der Waals surface area contributed by atoms with Crippen molar-refractivity contribution in [3.63, 3.8) is 0 Å². The monoisotopic (exact) mass is 271 g/mol. The highest BCUT2D eigenvalue weighted by atomic mass is 32.2. The Hall–Kier alpha value is -0.950. The molecule has 0 bridgehead atoms. The predicted molar refractivity (Wildman–Crippen MR) is 66.7 cm³/mol. The third-order valence-corrected chi connectivity index (χ3v) is 4.88. The van der Waals surface area contributed by atoms with E-state index in [1.165, 1.54) is 16.4 Å². The Kier molecular flexibility index (Phi) is 4.01. The minimum absolute atomic E-state index is 0.258. The van der Waals surface area contributed by atoms with Crippen LogP contribution in [0.15, 0.2) is 29.2 Å². The number of ether oxygens (including phenoxy) is 1. The van der Waals surface area contributed by atoms with Gasteiger partial charge in [-0.25, -0.2) is 8.42 Å². The molecule has 1 aromatic rings. The lowest BCUT2D eigenvalue weighted by Crippen LogP contribution is -2.40. The van der Waals surface area contributed by atoms with Crippen LogP contribution in [0.2, 0.25) is 0 Å². The number of sulfonamides is 1. The maximum absolute atomic E-state index is 12.3. The molecule has 0 saturated carbocycles. The Labute approximate surface area is 107 Å². The number of benzene rings is 1. The van der Waals surface area contributed by atoms with Crippen LogP contribution < -0.4 is 0 Å². The van der Waals surface area contributed by atoms with Crippen molar-refractivity contribution in [3.8, 4) is 0 Å². The molecule has 0 amide bonds. The molecule has 1 aromatic carbocycles. The largest absolute Gasteiger partial charge is 0.389 e. The van der Waals surface area contributed by atoms with E-state index in [9.17, 15) is 13.5 Å². The minimum atomic E-state index is -3.43. The van der Waals surface area contributed by atoms with Gasteiger partial charge in [0.25, 0.3) is 0 Å². The molecule has 0 aromatic heterocycles. The average molecular weight is 271 g/mol. The van der Waals surface area contributed by atoms with Crippen LogP contribution in [0.3, 0.4) is 0 Å². The van der Waals surface area contributed by atoms with Crippen LogP contribution in [0.5, 0.6) is 0 Å². The summed E-state index contributed by atoms with van der Waals surface area (Å²) in [6, 6.07) is 6.34. The summed E-state index contributed by atoms with van der Waals surface area (Å²) >= 11 is 0. The molecule has 1 N–H and O–H groups in total. The number of rotatable bonds is 3. The Morgan fingerprint density at radius 2 is 1.78 bits per heavy atom. The van der Waals surface area contributed by atoms with Crippen molar-refractivity contribution in [1.82, 2.24) is 4.31 Å². The van der Waals surface area contributed by atoms with E-state index in [2.05, 4.69) is 0 Å². The van der Waals surface area contributed by atoms with Gasteiger partial charge >= 0.3 is 0 Å². The van der Waals surface area contributed by atoms with Crippen molar-refractivity contribution >= 4 is 10.0 Å². The summed E-state index contributed by atoms with van der Waals surface area (Å²) in [4.78, 5) is 0.258. The molecule has 1 unspecified atom stereocenters. The second-order valence-corrected chi connectivity index (χ2v) is 6.20. The number of aliphatic hydroxyl groups is 1. The molecule has 1 saturated heterocycles. The molecule has 100 valence electrons. The molecule has 1 fully saturated rings. The first-order chi connectivity index (χ1) is 8.51. The Morgan fingerprint density at radius 3 is 2.28 bits per heavy atom. The van der Waals surface area contributed by atoms with Crippen LogP contribution in [0, 0.1) is 0 Å². The van der Waals surface area contributed by atoms with Gasteiger partial charge < -0.3 is 9.84 Å². The standard InChI is InChI=1S/C12H17NO4S/c1-10(14)11-2-4-12(5-3-11)18(15,16)13-6-8-17-9-7-13/h2-5,10,14H,6-9H2,1H3. The van der Waals surface area contributed by atoms with Crippen LogP contribution in [-0.4, -0.2) is 44.1 Å². The van der Waals surface area contributed by atoms with Crippen molar-refractivity contribution in [3.05, 3.63) is 29.8 Å². The molecule has 1 atom stereocenters. The highest BCUT2D eigenvalue weighted by molar-refractivity contribution is 7.89. The van der Waals surface area contributed by atoms with Gasteiger partial charge in [0, 0.05) is 13.1 Å². The molecule has 1 aliphatic heterocycles. The molecule has 1 heterocycles. The number of hydrogen-bond donors (Lipinski definition) is 1. The van der Waals surface area contributed by atoms with Gasteiger partial charge in [-0.3, -0.25) is 0 Å². The smallest absolute Gasteiger partial charge is 0.243 e. The maximum atomic E-state index is 12.3. The van der Waals surface area contributed by atoms with Crippen LogP contribution in [-0.2, 0) is 14.8 Å². The van der Waals surface area contributed by atoms with Gasteiger partial charge in [-0.1, -0.05) is 12.1 Å². The molecule has 2 rings (SSSR count). The Balaban J connectivity index is 2.23. The summed E-state index contributed by atoms with van der Waals surface area (Å²) in [5, 5.41) is 9.39. The summed E-state index contributed by atoms with van der Waals surface area (Å²) in [5.74, 6) is 0. The van der Waals surface area contributed by atoms with E-state index in [4.69, 9.17) is 4.74 Å². The lowest BCUT2D eigenvalue weighted by atomic mass is 10.1. The van der Waals surface area contributed by atoms with Crippen molar-refractivity contribution in [2.75, 3.05) is 26.3 Å². The summed E-state index contributed by atoms with van der Waals surface area (Å²) in [7, 11) is -3.43. The molecule has 1 aliphatic rings. The van der Waals surface area contributed by atoms with E-state index in [1.54, 1.807) is 19.1 Å². The SMILES string of the molecule is CC(O)c1ccc(S(=O)(=O)N2CCOCC2)cc1. The lowest BCUT2D eigenvalue weighted by molar-refractivity contribution is 0.0730. The van der Waals surface area contributed by atoms with Crippen molar-refractivity contribution in [2.45, 2.75) is 17.9 Å². The minimum Gasteiger partial charge on any atom is -0.389 e. The highest BCUT2D eigenvalue weighted by Gasteiger charge is 2.26. The second-order valence-electron chi connectivity index (χ2n) is 4.26. The third kappa shape index (κ3) is 2.72. The molecular formula is C12H17NO4S. The maximum Gasteiger partial charge on any atom is 0.243 e. The fourth-order valence-electron chi connectivity index (χ4n) is 1.85. The fraction of sp³-hybridized carbons (Fsp3) is 0.500. The number of aliphatic hydroxyl groups excluding tert-OH is 1. The van der Waals surface area contributed by atoms with Crippen LogP contribution >= 0.6 is 0 Å². The predicted octanol–water partition coefficient (Wildman–Crippen LogP) is 0.761. The van der Waals surface area contributed by atoms with Gasteiger partial charge in [0.1, 0.15) is 0 Å². The highest BCUT2D eigenvalue weighted by Crippen LogP contribution is 2.19. The van der Waals surface area contributed by atoms with Gasteiger partial charge in [-0.2, -0.15) is 4.31 Å². The van der Waals surface area contributed by atoms with Crippen molar-refractivity contribution in [1.29, 1.82) is 0 Å². The van der Waals surface area contributed by atoms with E-state index in [1.807, 2.05) is 0 Å². The average Bonchev–Trinajstić information content (AvgIpc) is 2.40. The Morgan fingerprint density at radius 1 is 1.22 bits per heavy atom. The molecule has 0 spiro atoms. The van der Waals surface area contributed by atoms with Gasteiger partial charge in [0.05, 0.1) is 24.2 Å². The van der Waals surface area contributed by atoms with E-state index >= 15 is 0 Å². The van der Waals surface area contributed by atoms with E-state index in [0.29, 0.717) is 31.9 Å². The number of morpholine rings is 1. The molecule has 5 nitrogen and oxygen atoms in total. The van der Waals surface area contributed by atoms with E-state index in [0.717, 1.165) is 0 Å². The first-order valence-corrected chi connectivity index (χ1v) is 7.32. The second kappa shape index (κ2) is 5.36. The summed E-state index contributed by atoms with van der Waals surface area (Å²) in [6.07, 6.45) is -0.592. The quantitative estimate of drug-likeness (QED) is 0.881. The summed E-state index contributed by atoms with van der Waals surface area (Å²) < 4.78 is 31.1. The van der Waals surface area contributed by atoms with E-state index in [-0.39, 0.29) is 4.90 Å². The van der Waals surface area contributed by atoms with Crippen LogP contribution in [0.1, 0.15) is 18.6 Å². The summed E-state index contributed by atoms with van der Waals surface area (Å²) in [6.45, 7) is 3.29. The van der Waals surface area contributed by atoms with Crippen molar-refractivity contribution < 1.29 is 18.3 Å². The van der Waals surface area contributed by atoms with Gasteiger partial charge in [-0.05, 0) is 24.6 Å². The van der Waals surface area contributed by atoms with Crippen LogP contribution in [0.25, 0.3) is 0 Å². The molecule has 6 heteroatoms. The summed E-state index contributed by atoms with van der Waals surface area (Å²) in [5.41, 5.74) is 0.705. The zero-order valence-corrected chi connectivity index (χ0v) is 11.1. The van der Waals surface area contributed by atoms with Crippen molar-refractivity contribution in [2.24, 2.45) is 0 Å². The zero-order valence-electron chi connectivity index (χ0n) is 10.2. The van der Waals surface area contributed by atoms with E-state index < -0.39 is 16.1 Å². The van der Waals surface area contributed by atoms with Crippen LogP contribution in [0.4, 0.5) is 0 Å². The number of nitrogens with zero attached hydrogens (tertiary/aromatic N) is 1.